The van der Waals surface area contributed by atoms with Crippen LogP contribution in [0.5, 0.6) is 11.5 Å². The zero-order chi connectivity index (χ0) is 21.0. The lowest BCUT2D eigenvalue weighted by Gasteiger charge is -2.15. The molecule has 0 spiro atoms. The van der Waals surface area contributed by atoms with Gasteiger partial charge in [-0.2, -0.15) is 5.10 Å². The van der Waals surface area contributed by atoms with Gasteiger partial charge < -0.3 is 14.9 Å². The fourth-order valence-electron chi connectivity index (χ4n) is 2.67. The van der Waals surface area contributed by atoms with Crippen molar-refractivity contribution in [1.29, 1.82) is 0 Å². The Balaban J connectivity index is 1.76. The maximum Gasteiger partial charge on any atom is 0.214 e. The Morgan fingerprint density at radius 1 is 1.17 bits per heavy atom. The third-order valence-corrected chi connectivity index (χ3v) is 5.19. The molecule has 0 aliphatic carbocycles. The minimum absolute atomic E-state index is 0.146. The summed E-state index contributed by atoms with van der Waals surface area (Å²) in [6, 6.07) is 7.60. The van der Waals surface area contributed by atoms with Crippen LogP contribution in [0.15, 0.2) is 30.3 Å². The van der Waals surface area contributed by atoms with Crippen molar-refractivity contribution in [3.05, 3.63) is 67.9 Å². The number of aromatic amines is 1. The van der Waals surface area contributed by atoms with E-state index in [4.69, 9.17) is 44.9 Å². The number of nitrogens with zero attached hydrogens (tertiary/aromatic N) is 2. The zero-order valence-corrected chi connectivity index (χ0v) is 18.1. The molecule has 154 valence electrons. The second-order valence-corrected chi connectivity index (χ2v) is 7.29. The third-order valence-electron chi connectivity index (χ3n) is 4.22. The summed E-state index contributed by atoms with van der Waals surface area (Å²) in [6.07, 6.45) is 0.718. The molecular weight excluding hydrogens is 438 g/mol. The number of ether oxygens (including phenoxy) is 2. The summed E-state index contributed by atoms with van der Waals surface area (Å²) in [5, 5.41) is 7.69. The van der Waals surface area contributed by atoms with Gasteiger partial charge in [0.2, 0.25) is 4.77 Å². The Labute approximate surface area is 182 Å². The number of aryl methyl sites for hydroxylation is 1. The maximum absolute atomic E-state index is 13.2. The van der Waals surface area contributed by atoms with E-state index in [1.54, 1.807) is 30.0 Å². The van der Waals surface area contributed by atoms with Crippen LogP contribution in [0.1, 0.15) is 23.9 Å². The van der Waals surface area contributed by atoms with Gasteiger partial charge in [-0.25, -0.2) is 9.07 Å². The van der Waals surface area contributed by atoms with Gasteiger partial charge in [0.15, 0.2) is 17.3 Å². The number of hydrogen-bond acceptors (Lipinski definition) is 5. The van der Waals surface area contributed by atoms with Crippen LogP contribution in [0, 0.1) is 10.6 Å². The highest BCUT2D eigenvalue weighted by Crippen LogP contribution is 2.34. The van der Waals surface area contributed by atoms with Gasteiger partial charge in [-0.05, 0) is 36.0 Å². The predicted molar refractivity (Wildman–Crippen MR) is 114 cm³/mol. The summed E-state index contributed by atoms with van der Waals surface area (Å²) < 4.78 is 26.6. The highest BCUT2D eigenvalue weighted by atomic mass is 35.5. The van der Waals surface area contributed by atoms with Gasteiger partial charge in [0.25, 0.3) is 0 Å². The lowest BCUT2D eigenvalue weighted by atomic mass is 10.2. The largest absolute Gasteiger partial charge is 0.493 e. The van der Waals surface area contributed by atoms with E-state index in [2.05, 4.69) is 15.6 Å². The van der Waals surface area contributed by atoms with Crippen molar-refractivity contribution in [1.82, 2.24) is 14.9 Å². The van der Waals surface area contributed by atoms with E-state index in [0.717, 1.165) is 17.8 Å². The number of hydrogen-bond donors (Lipinski definition) is 2. The summed E-state index contributed by atoms with van der Waals surface area (Å²) in [4.78, 5) is 0. The van der Waals surface area contributed by atoms with E-state index in [1.807, 2.05) is 6.92 Å². The molecule has 0 amide bonds. The summed E-state index contributed by atoms with van der Waals surface area (Å²) in [5.41, 5.74) is 4.64. The lowest BCUT2D eigenvalue weighted by molar-refractivity contribution is 0.284. The molecule has 0 aliphatic heterocycles. The van der Waals surface area contributed by atoms with Gasteiger partial charge in [0, 0.05) is 23.1 Å². The topological polar surface area (TPSA) is 64.1 Å². The molecule has 1 heterocycles. The number of methoxy groups -OCH3 is 1. The van der Waals surface area contributed by atoms with E-state index in [1.165, 1.54) is 12.1 Å². The van der Waals surface area contributed by atoms with Crippen molar-refractivity contribution in [2.45, 2.75) is 26.5 Å². The van der Waals surface area contributed by atoms with Gasteiger partial charge in [-0.1, -0.05) is 36.2 Å². The molecule has 0 saturated heterocycles. The molecule has 29 heavy (non-hydrogen) atoms. The van der Waals surface area contributed by atoms with Crippen molar-refractivity contribution in [2.24, 2.45) is 0 Å². The first-order valence-electron chi connectivity index (χ1n) is 8.76. The summed E-state index contributed by atoms with van der Waals surface area (Å²) in [6.45, 7) is 2.53. The molecule has 0 aliphatic rings. The fraction of sp³-hybridized carbons (Fsp3) is 0.263. The summed E-state index contributed by atoms with van der Waals surface area (Å²) >= 11 is 17.7. The first-order chi connectivity index (χ1) is 13.9. The number of benzene rings is 2. The monoisotopic (exact) mass is 456 g/mol. The molecule has 0 fully saturated rings. The molecule has 1 aromatic heterocycles. The Morgan fingerprint density at radius 2 is 1.93 bits per heavy atom. The first-order valence-corrected chi connectivity index (χ1v) is 9.92. The maximum atomic E-state index is 13.2. The van der Waals surface area contributed by atoms with Gasteiger partial charge in [0.05, 0.1) is 18.7 Å². The van der Waals surface area contributed by atoms with Crippen LogP contribution in [0.2, 0.25) is 10.0 Å². The summed E-state index contributed by atoms with van der Waals surface area (Å²) in [5.74, 6) is 1.35. The van der Waals surface area contributed by atoms with Gasteiger partial charge in [-0.3, -0.25) is 5.10 Å². The number of halogens is 3. The Hall–Kier alpha value is -2.29. The first kappa shape index (κ1) is 21.4. The third kappa shape index (κ3) is 5.01. The number of rotatable bonds is 8. The quantitative estimate of drug-likeness (QED) is 0.451. The second-order valence-electron chi connectivity index (χ2n) is 6.09. The highest BCUT2D eigenvalue weighted by molar-refractivity contribution is 7.71. The molecule has 0 saturated carbocycles. The van der Waals surface area contributed by atoms with Crippen molar-refractivity contribution in [2.75, 3.05) is 12.5 Å². The van der Waals surface area contributed by atoms with E-state index in [9.17, 15) is 4.39 Å². The smallest absolute Gasteiger partial charge is 0.214 e. The van der Waals surface area contributed by atoms with Crippen LogP contribution < -0.4 is 14.9 Å². The molecule has 0 unspecified atom stereocenters. The predicted octanol–water partition coefficient (Wildman–Crippen LogP) is 5.28. The van der Waals surface area contributed by atoms with Crippen LogP contribution in [-0.2, 0) is 19.6 Å². The van der Waals surface area contributed by atoms with Crippen molar-refractivity contribution in [3.63, 3.8) is 0 Å². The van der Waals surface area contributed by atoms with Gasteiger partial charge in [0.1, 0.15) is 12.4 Å². The highest BCUT2D eigenvalue weighted by Gasteiger charge is 2.13. The van der Waals surface area contributed by atoms with Crippen LogP contribution in [0.3, 0.4) is 0 Å². The lowest BCUT2D eigenvalue weighted by Crippen LogP contribution is -2.17. The standard InChI is InChI=1S/C19H19Cl2FN4O2S/c1-3-18-24-25-19(29)26(18)23-9-12-6-16(27-2)17(8-15(12)21)28-10-11-4-5-13(22)7-14(11)20/h4-8,23H,3,9-10H2,1-2H3,(H,25,29). The Morgan fingerprint density at radius 3 is 2.62 bits per heavy atom. The molecule has 3 rings (SSSR count). The molecule has 0 bridgehead atoms. The molecule has 2 aromatic carbocycles. The average molecular weight is 457 g/mol. The number of aromatic nitrogens is 3. The molecular formula is C19H19Cl2FN4O2S. The van der Waals surface area contributed by atoms with E-state index in [-0.39, 0.29) is 6.61 Å². The SMILES string of the molecule is CCc1n[nH]c(=S)n1NCc1cc(OC)c(OCc2ccc(F)cc2Cl)cc1Cl. The average Bonchev–Trinajstić information content (AvgIpc) is 3.06. The van der Waals surface area contributed by atoms with E-state index >= 15 is 0 Å². The van der Waals surface area contributed by atoms with Gasteiger partial charge >= 0.3 is 0 Å². The van der Waals surface area contributed by atoms with Crippen LogP contribution in [-0.4, -0.2) is 22.0 Å². The molecule has 6 nitrogen and oxygen atoms in total. The van der Waals surface area contributed by atoms with Crippen LogP contribution >= 0.6 is 35.4 Å². The van der Waals surface area contributed by atoms with Crippen molar-refractivity contribution >= 4 is 35.4 Å². The minimum Gasteiger partial charge on any atom is -0.493 e. The van der Waals surface area contributed by atoms with E-state index < -0.39 is 5.82 Å². The van der Waals surface area contributed by atoms with Crippen LogP contribution in [0.4, 0.5) is 4.39 Å². The number of H-pyrrole nitrogens is 1. The fourth-order valence-corrected chi connectivity index (χ4v) is 3.33. The number of nitrogens with one attached hydrogen (secondary N) is 2. The Bertz CT molecular complexity index is 1070. The van der Waals surface area contributed by atoms with Gasteiger partial charge in [-0.15, -0.1) is 0 Å². The summed E-state index contributed by atoms with van der Waals surface area (Å²) in [7, 11) is 1.54. The molecule has 0 atom stereocenters. The van der Waals surface area contributed by atoms with E-state index in [0.29, 0.717) is 38.4 Å². The second kappa shape index (κ2) is 9.47. The zero-order valence-electron chi connectivity index (χ0n) is 15.8. The normalized spacial score (nSPS) is 10.8. The molecule has 2 N–H and O–H groups in total. The molecule has 3 aromatic rings. The van der Waals surface area contributed by atoms with Crippen LogP contribution in [0.25, 0.3) is 0 Å². The molecule has 0 radical (unpaired) electrons. The Kier molecular flexibility index (Phi) is 7.00. The minimum atomic E-state index is -0.403. The van der Waals surface area contributed by atoms with Crippen molar-refractivity contribution < 1.29 is 13.9 Å². The molecule has 10 heteroatoms. The van der Waals surface area contributed by atoms with Crippen molar-refractivity contribution in [3.8, 4) is 11.5 Å².